The molecule has 0 N–H and O–H groups in total. The lowest BCUT2D eigenvalue weighted by Crippen LogP contribution is -1.92. The minimum absolute atomic E-state index is 0.891. The third-order valence-electron chi connectivity index (χ3n) is 11.7. The highest BCUT2D eigenvalue weighted by molar-refractivity contribution is 7.25. The predicted molar refractivity (Wildman–Crippen MR) is 238 cm³/mol. The Hall–Kier alpha value is -7.34. The summed E-state index contributed by atoms with van der Waals surface area (Å²) in [6.07, 6.45) is 0. The van der Waals surface area contributed by atoms with Gasteiger partial charge < -0.3 is 18.0 Å². The van der Waals surface area contributed by atoms with Gasteiger partial charge in [-0.15, -0.1) is 11.3 Å². The number of benzene rings is 8. The highest BCUT2D eigenvalue weighted by Crippen LogP contribution is 2.45. The zero-order valence-electron chi connectivity index (χ0n) is 30.4. The summed E-state index contributed by atoms with van der Waals surface area (Å²) in [5.74, 6) is 0. The molecule has 0 saturated carbocycles. The largest absolute Gasteiger partial charge is 0.454 e. The van der Waals surface area contributed by atoms with Crippen molar-refractivity contribution in [2.45, 2.75) is 0 Å². The van der Waals surface area contributed by atoms with Crippen LogP contribution in [0.2, 0.25) is 0 Å². The van der Waals surface area contributed by atoms with Crippen molar-refractivity contribution in [3.8, 4) is 33.6 Å². The number of nitrogens with zero attached hydrogens (tertiary/aromatic N) is 2. The van der Waals surface area contributed by atoms with Crippen LogP contribution in [0.25, 0.3) is 120 Å². The average molecular weight is 747 g/mol. The van der Waals surface area contributed by atoms with Crippen LogP contribution in [0.1, 0.15) is 0 Å². The summed E-state index contributed by atoms with van der Waals surface area (Å²) in [4.78, 5) is 0. The molecule has 0 fully saturated rings. The topological polar surface area (TPSA) is 36.1 Å². The molecule has 0 saturated heterocycles. The molecule has 5 heterocycles. The van der Waals surface area contributed by atoms with Gasteiger partial charge in [0, 0.05) is 58.7 Å². The van der Waals surface area contributed by atoms with E-state index in [2.05, 4.69) is 191 Å². The summed E-state index contributed by atoms with van der Waals surface area (Å²) in [6.45, 7) is 0. The molecule has 0 aliphatic rings. The van der Waals surface area contributed by atoms with E-state index in [-0.39, 0.29) is 0 Å². The number of para-hydroxylation sites is 5. The number of fused-ring (bicyclic) bond motifs is 13. The van der Waals surface area contributed by atoms with Crippen LogP contribution >= 0.6 is 11.3 Å². The number of rotatable bonds is 4. The van der Waals surface area contributed by atoms with Crippen LogP contribution in [0.5, 0.6) is 0 Å². The summed E-state index contributed by atoms with van der Waals surface area (Å²) in [6, 6.07) is 65.0. The number of hydrogen-bond donors (Lipinski definition) is 0. The van der Waals surface area contributed by atoms with Gasteiger partial charge in [0.15, 0.2) is 11.2 Å². The number of furan rings is 2. The maximum absolute atomic E-state index is 6.86. The van der Waals surface area contributed by atoms with Gasteiger partial charge >= 0.3 is 0 Å². The van der Waals surface area contributed by atoms with Gasteiger partial charge in [-0.1, -0.05) is 103 Å². The Balaban J connectivity index is 0.925. The molecule has 4 nitrogen and oxygen atoms in total. The van der Waals surface area contributed by atoms with E-state index in [0.29, 0.717) is 0 Å². The van der Waals surface area contributed by atoms with E-state index in [1.165, 1.54) is 25.7 Å². The van der Waals surface area contributed by atoms with E-state index in [4.69, 9.17) is 8.83 Å². The summed E-state index contributed by atoms with van der Waals surface area (Å²) in [5, 5.41) is 6.98. The molecule has 0 aliphatic carbocycles. The number of thiophene rings is 1. The fraction of sp³-hybridized carbons (Fsp3) is 0. The third-order valence-corrected chi connectivity index (χ3v) is 12.8. The molecule has 0 amide bonds. The first kappa shape index (κ1) is 30.9. The van der Waals surface area contributed by atoms with E-state index in [1.807, 2.05) is 11.3 Å². The highest BCUT2D eigenvalue weighted by atomic mass is 32.1. The number of aromatic nitrogens is 2. The molecule has 5 aromatic heterocycles. The fourth-order valence-electron chi connectivity index (χ4n) is 9.18. The Morgan fingerprint density at radius 2 is 0.860 bits per heavy atom. The third kappa shape index (κ3) is 4.37. The second kappa shape index (κ2) is 11.6. The first-order valence-electron chi connectivity index (χ1n) is 19.3. The molecule has 13 aromatic rings. The van der Waals surface area contributed by atoms with Crippen LogP contribution in [0, 0.1) is 0 Å². The van der Waals surface area contributed by atoms with Gasteiger partial charge in [-0.3, -0.25) is 0 Å². The van der Waals surface area contributed by atoms with Crippen molar-refractivity contribution < 1.29 is 8.83 Å². The molecule has 266 valence electrons. The summed E-state index contributed by atoms with van der Waals surface area (Å²) in [7, 11) is 0. The van der Waals surface area contributed by atoms with Gasteiger partial charge in [0.1, 0.15) is 22.2 Å². The Morgan fingerprint density at radius 1 is 0.351 bits per heavy atom. The van der Waals surface area contributed by atoms with E-state index >= 15 is 0 Å². The average Bonchev–Trinajstić information content (AvgIpc) is 4.07. The van der Waals surface area contributed by atoms with Crippen molar-refractivity contribution in [2.24, 2.45) is 0 Å². The van der Waals surface area contributed by atoms with Crippen LogP contribution in [0.4, 0.5) is 0 Å². The molecule has 0 atom stereocenters. The zero-order chi connectivity index (χ0) is 37.2. The molecule has 0 bridgehead atoms. The van der Waals surface area contributed by atoms with Crippen molar-refractivity contribution in [1.29, 1.82) is 0 Å². The molecular formula is C52H30N2O2S. The van der Waals surface area contributed by atoms with E-state index < -0.39 is 0 Å². The Labute approximate surface area is 329 Å². The molecule has 0 spiro atoms. The van der Waals surface area contributed by atoms with E-state index in [9.17, 15) is 0 Å². The SMILES string of the molecule is c1ccc(-n2c3ccccc3c3oc4cc(-c5ccc6c(c5)sc5cc(-c7cccc8c7oc7c9ccccc9n(-c9ccccc9)c87)ccc56)ccc4c32)cc1. The summed E-state index contributed by atoms with van der Waals surface area (Å²) >= 11 is 1.84. The lowest BCUT2D eigenvalue weighted by Gasteiger charge is -2.08. The standard InChI is InChI=1S/C52H30N2O2S/c1-3-12-34(13-4-1)53-43-20-9-7-16-39(43)51-48(53)41-27-23-31(28-45(41)55-51)32-22-25-37-38-26-24-33(30-47(38)57-46(37)29-32)36-18-11-19-42-49-52(56-50(36)42)40-17-8-10-21-44(40)54(49)35-14-5-2-6-15-35/h1-30H. The van der Waals surface area contributed by atoms with Crippen molar-refractivity contribution in [3.63, 3.8) is 0 Å². The van der Waals surface area contributed by atoms with Gasteiger partial charge in [0.25, 0.3) is 0 Å². The highest BCUT2D eigenvalue weighted by Gasteiger charge is 2.22. The van der Waals surface area contributed by atoms with E-state index in [0.717, 1.165) is 94.0 Å². The Kier molecular flexibility index (Phi) is 6.29. The van der Waals surface area contributed by atoms with Crippen molar-refractivity contribution in [2.75, 3.05) is 0 Å². The van der Waals surface area contributed by atoms with Crippen molar-refractivity contribution in [3.05, 3.63) is 182 Å². The van der Waals surface area contributed by atoms with Gasteiger partial charge in [-0.2, -0.15) is 0 Å². The lowest BCUT2D eigenvalue weighted by atomic mass is 10.0. The van der Waals surface area contributed by atoms with Gasteiger partial charge in [0.2, 0.25) is 0 Å². The minimum atomic E-state index is 0.891. The molecule has 0 radical (unpaired) electrons. The smallest absolute Gasteiger partial charge is 0.161 e. The maximum atomic E-state index is 6.86. The maximum Gasteiger partial charge on any atom is 0.161 e. The molecular weight excluding hydrogens is 717 g/mol. The van der Waals surface area contributed by atoms with Crippen LogP contribution in [-0.2, 0) is 0 Å². The molecule has 5 heteroatoms. The van der Waals surface area contributed by atoms with Gasteiger partial charge in [-0.25, -0.2) is 0 Å². The minimum Gasteiger partial charge on any atom is -0.454 e. The zero-order valence-corrected chi connectivity index (χ0v) is 31.3. The molecule has 57 heavy (non-hydrogen) atoms. The molecule has 13 rings (SSSR count). The second-order valence-electron chi connectivity index (χ2n) is 14.9. The summed E-state index contributed by atoms with van der Waals surface area (Å²) < 4.78 is 20.7. The van der Waals surface area contributed by atoms with E-state index in [1.54, 1.807) is 0 Å². The Morgan fingerprint density at radius 3 is 1.53 bits per heavy atom. The first-order chi connectivity index (χ1) is 28.3. The fourth-order valence-corrected chi connectivity index (χ4v) is 10.4. The van der Waals surface area contributed by atoms with Crippen LogP contribution in [0.15, 0.2) is 191 Å². The van der Waals surface area contributed by atoms with Gasteiger partial charge in [-0.05, 0) is 95.6 Å². The Bertz CT molecular complexity index is 3750. The quantitative estimate of drug-likeness (QED) is 0.180. The number of hydrogen-bond acceptors (Lipinski definition) is 3. The molecule has 8 aromatic carbocycles. The predicted octanol–water partition coefficient (Wildman–Crippen LogP) is 15.1. The molecule has 0 aliphatic heterocycles. The van der Waals surface area contributed by atoms with Crippen LogP contribution < -0.4 is 0 Å². The van der Waals surface area contributed by atoms with Crippen LogP contribution in [-0.4, -0.2) is 9.13 Å². The van der Waals surface area contributed by atoms with Crippen molar-refractivity contribution in [1.82, 2.24) is 9.13 Å². The van der Waals surface area contributed by atoms with Crippen molar-refractivity contribution >= 4 is 97.5 Å². The molecule has 0 unspecified atom stereocenters. The second-order valence-corrected chi connectivity index (χ2v) is 15.9. The van der Waals surface area contributed by atoms with Crippen LogP contribution in [0.3, 0.4) is 0 Å². The normalized spacial score (nSPS) is 12.2. The first-order valence-corrected chi connectivity index (χ1v) is 20.1. The summed E-state index contributed by atoms with van der Waals surface area (Å²) in [5.41, 5.74) is 14.9. The monoisotopic (exact) mass is 746 g/mol. The lowest BCUT2D eigenvalue weighted by molar-refractivity contribution is 0.673. The van der Waals surface area contributed by atoms with Gasteiger partial charge in [0.05, 0.1) is 11.0 Å².